The molecular formula is C24H26N4O5. The number of imidazole rings is 1. The third kappa shape index (κ3) is 4.34. The fourth-order valence-electron chi connectivity index (χ4n) is 4.01. The summed E-state index contributed by atoms with van der Waals surface area (Å²) in [4.78, 5) is 34.9. The van der Waals surface area contributed by atoms with Crippen LogP contribution in [-0.2, 0) is 11.2 Å². The number of hydrogen-bond donors (Lipinski definition) is 2. The number of fused-ring (bicyclic) bond motifs is 1. The number of nitrogens with zero attached hydrogens (tertiary/aromatic N) is 2. The van der Waals surface area contributed by atoms with Gasteiger partial charge in [-0.05, 0) is 42.3 Å². The number of urea groups is 1. The van der Waals surface area contributed by atoms with Crippen LogP contribution in [0.2, 0.25) is 0 Å². The minimum absolute atomic E-state index is 0.305. The zero-order valence-electron chi connectivity index (χ0n) is 19.0. The average molecular weight is 450 g/mol. The third-order valence-corrected chi connectivity index (χ3v) is 5.78. The molecule has 0 unspecified atom stereocenters. The van der Waals surface area contributed by atoms with Crippen LogP contribution in [0, 0.1) is 6.92 Å². The number of anilines is 1. The van der Waals surface area contributed by atoms with E-state index in [0.717, 1.165) is 22.5 Å². The van der Waals surface area contributed by atoms with Gasteiger partial charge in [-0.2, -0.15) is 0 Å². The van der Waals surface area contributed by atoms with E-state index in [1.54, 1.807) is 49.7 Å². The minimum Gasteiger partial charge on any atom is -0.497 e. The number of esters is 1. The van der Waals surface area contributed by atoms with Crippen molar-refractivity contribution in [3.63, 3.8) is 0 Å². The van der Waals surface area contributed by atoms with Gasteiger partial charge in [0.1, 0.15) is 17.5 Å². The smallest absolute Gasteiger partial charge is 0.337 e. The first-order valence-corrected chi connectivity index (χ1v) is 10.5. The van der Waals surface area contributed by atoms with E-state index in [9.17, 15) is 9.59 Å². The van der Waals surface area contributed by atoms with Gasteiger partial charge in [0.15, 0.2) is 0 Å². The standard InChI is InChI=1S/C24H26N4O5/c1-14-5-6-15(23(29)33-4)11-20(14)27-24(30)28-8-7-19-21(26-13-25-19)22(28)16-9-17(31-2)12-18(10-16)32-3/h5-6,9-13,22H,7-8H2,1-4H3,(H,25,26)(H,27,30)/t22-/m0/s1. The summed E-state index contributed by atoms with van der Waals surface area (Å²) in [5.74, 6) is 0.772. The molecule has 1 aromatic heterocycles. The van der Waals surface area contributed by atoms with Crippen molar-refractivity contribution in [2.24, 2.45) is 0 Å². The van der Waals surface area contributed by atoms with Crippen LogP contribution in [0.1, 0.15) is 38.9 Å². The Kier molecular flexibility index (Phi) is 6.21. The van der Waals surface area contributed by atoms with E-state index in [1.165, 1.54) is 7.11 Å². The monoisotopic (exact) mass is 450 g/mol. The van der Waals surface area contributed by atoms with Crippen molar-refractivity contribution < 1.29 is 23.8 Å². The number of carbonyl (C=O) groups is 2. The van der Waals surface area contributed by atoms with E-state index in [-0.39, 0.29) is 6.03 Å². The van der Waals surface area contributed by atoms with Gasteiger partial charge in [0.25, 0.3) is 0 Å². The number of nitrogens with one attached hydrogen (secondary N) is 2. The third-order valence-electron chi connectivity index (χ3n) is 5.78. The molecule has 2 aromatic carbocycles. The highest BCUT2D eigenvalue weighted by molar-refractivity contribution is 5.95. The van der Waals surface area contributed by atoms with Crippen molar-refractivity contribution in [2.75, 3.05) is 33.2 Å². The molecule has 3 aromatic rings. The number of amides is 2. The number of aryl methyl sites for hydroxylation is 1. The largest absolute Gasteiger partial charge is 0.497 e. The number of aromatic amines is 1. The highest BCUT2D eigenvalue weighted by atomic mass is 16.5. The molecule has 0 saturated heterocycles. The normalized spacial score (nSPS) is 14.9. The van der Waals surface area contributed by atoms with Crippen molar-refractivity contribution in [2.45, 2.75) is 19.4 Å². The summed E-state index contributed by atoms with van der Waals surface area (Å²) in [6.07, 6.45) is 2.28. The first kappa shape index (κ1) is 22.2. The molecule has 9 nitrogen and oxygen atoms in total. The summed E-state index contributed by atoms with van der Waals surface area (Å²) in [7, 11) is 4.49. The van der Waals surface area contributed by atoms with Crippen LogP contribution in [0.25, 0.3) is 0 Å². The highest BCUT2D eigenvalue weighted by Gasteiger charge is 2.35. The molecule has 2 heterocycles. The van der Waals surface area contributed by atoms with E-state index >= 15 is 0 Å². The molecule has 2 amide bonds. The first-order valence-electron chi connectivity index (χ1n) is 10.5. The fourth-order valence-corrected chi connectivity index (χ4v) is 4.01. The lowest BCUT2D eigenvalue weighted by Gasteiger charge is -2.35. The Morgan fingerprint density at radius 2 is 1.82 bits per heavy atom. The van der Waals surface area contributed by atoms with Gasteiger partial charge in [-0.15, -0.1) is 0 Å². The average Bonchev–Trinajstić information content (AvgIpc) is 3.32. The lowest BCUT2D eigenvalue weighted by Crippen LogP contribution is -2.43. The summed E-state index contributed by atoms with van der Waals surface area (Å²) in [5.41, 5.74) is 4.29. The Labute approximate surface area is 191 Å². The molecule has 0 bridgehead atoms. The number of aromatic nitrogens is 2. The predicted molar refractivity (Wildman–Crippen MR) is 122 cm³/mol. The molecule has 9 heteroatoms. The SMILES string of the molecule is COC(=O)c1ccc(C)c(NC(=O)N2CCc3[nH]cnc3[C@@H]2c2cc(OC)cc(OC)c2)c1. The summed E-state index contributed by atoms with van der Waals surface area (Å²) in [6.45, 7) is 2.34. The van der Waals surface area contributed by atoms with Crippen LogP contribution in [0.3, 0.4) is 0 Å². The number of rotatable bonds is 5. The quantitative estimate of drug-likeness (QED) is 0.574. The second kappa shape index (κ2) is 9.23. The molecule has 0 fully saturated rings. The van der Waals surface area contributed by atoms with Gasteiger partial charge in [0.2, 0.25) is 0 Å². The molecule has 0 radical (unpaired) electrons. The number of H-pyrrole nitrogens is 1. The lowest BCUT2D eigenvalue weighted by molar-refractivity contribution is 0.0600. The summed E-state index contributed by atoms with van der Waals surface area (Å²) in [6, 6.07) is 9.83. The first-order chi connectivity index (χ1) is 15.9. The maximum Gasteiger partial charge on any atom is 0.337 e. The maximum absolute atomic E-state index is 13.5. The van der Waals surface area contributed by atoms with E-state index < -0.39 is 12.0 Å². The van der Waals surface area contributed by atoms with Gasteiger partial charge in [-0.25, -0.2) is 14.6 Å². The van der Waals surface area contributed by atoms with Gasteiger partial charge in [0.05, 0.1) is 38.9 Å². The van der Waals surface area contributed by atoms with Gasteiger partial charge >= 0.3 is 12.0 Å². The summed E-state index contributed by atoms with van der Waals surface area (Å²) in [5, 5.41) is 2.96. The van der Waals surface area contributed by atoms with Gasteiger partial charge in [-0.3, -0.25) is 0 Å². The molecule has 0 saturated carbocycles. The molecule has 1 atom stereocenters. The van der Waals surface area contributed by atoms with E-state index in [4.69, 9.17) is 14.2 Å². The van der Waals surface area contributed by atoms with Crippen molar-refractivity contribution >= 4 is 17.7 Å². The Morgan fingerprint density at radius 3 is 2.48 bits per heavy atom. The Hall–Kier alpha value is -4.01. The summed E-state index contributed by atoms with van der Waals surface area (Å²) < 4.78 is 15.7. The number of carbonyl (C=O) groups excluding carboxylic acids is 2. The van der Waals surface area contributed by atoms with Crippen molar-refractivity contribution in [3.8, 4) is 11.5 Å². The molecule has 1 aliphatic rings. The molecule has 0 spiro atoms. The second-order valence-corrected chi connectivity index (χ2v) is 7.71. The Balaban J connectivity index is 1.71. The molecule has 4 rings (SSSR count). The minimum atomic E-state index is -0.467. The van der Waals surface area contributed by atoms with Crippen LogP contribution < -0.4 is 14.8 Å². The topological polar surface area (TPSA) is 106 Å². The van der Waals surface area contributed by atoms with Crippen LogP contribution in [0.15, 0.2) is 42.7 Å². The van der Waals surface area contributed by atoms with E-state index in [2.05, 4.69) is 15.3 Å². The fraction of sp³-hybridized carbons (Fsp3) is 0.292. The van der Waals surface area contributed by atoms with Gasteiger partial charge in [-0.1, -0.05) is 6.07 Å². The predicted octanol–water partition coefficient (Wildman–Crippen LogP) is 3.70. The molecular weight excluding hydrogens is 424 g/mol. The van der Waals surface area contributed by atoms with Crippen LogP contribution in [-0.4, -0.2) is 54.7 Å². The number of ether oxygens (including phenoxy) is 3. The Morgan fingerprint density at radius 1 is 1.09 bits per heavy atom. The second-order valence-electron chi connectivity index (χ2n) is 7.71. The van der Waals surface area contributed by atoms with E-state index in [0.29, 0.717) is 35.7 Å². The lowest BCUT2D eigenvalue weighted by atomic mass is 9.95. The molecule has 1 aliphatic heterocycles. The zero-order valence-corrected chi connectivity index (χ0v) is 19.0. The molecule has 0 aliphatic carbocycles. The number of benzene rings is 2. The van der Waals surface area contributed by atoms with Crippen LogP contribution in [0.5, 0.6) is 11.5 Å². The van der Waals surface area contributed by atoms with Crippen molar-refractivity contribution in [3.05, 3.63) is 70.8 Å². The summed E-state index contributed by atoms with van der Waals surface area (Å²) >= 11 is 0. The molecule has 2 N–H and O–H groups in total. The number of hydrogen-bond acceptors (Lipinski definition) is 6. The van der Waals surface area contributed by atoms with Crippen molar-refractivity contribution in [1.29, 1.82) is 0 Å². The number of methoxy groups -OCH3 is 3. The van der Waals surface area contributed by atoms with Gasteiger partial charge < -0.3 is 29.4 Å². The van der Waals surface area contributed by atoms with E-state index in [1.807, 2.05) is 19.1 Å². The maximum atomic E-state index is 13.5. The van der Waals surface area contributed by atoms with Crippen LogP contribution >= 0.6 is 0 Å². The van der Waals surface area contributed by atoms with Crippen LogP contribution in [0.4, 0.5) is 10.5 Å². The highest BCUT2D eigenvalue weighted by Crippen LogP contribution is 2.37. The molecule has 33 heavy (non-hydrogen) atoms. The Bertz CT molecular complexity index is 1170. The molecule has 172 valence electrons. The zero-order chi connectivity index (χ0) is 23.5. The van der Waals surface area contributed by atoms with Crippen molar-refractivity contribution in [1.82, 2.24) is 14.9 Å². The van der Waals surface area contributed by atoms with Gasteiger partial charge in [0, 0.05) is 30.4 Å².